The number of non-ortho nitro benzene ring substituents is 1. The fourth-order valence-electron chi connectivity index (χ4n) is 2.63. The smallest absolute Gasteiger partial charge is 0.258 e. The molecule has 9 heteroatoms. The van der Waals surface area contributed by atoms with Crippen LogP contribution < -0.4 is 5.01 Å². The molecule has 0 aliphatic carbocycles. The number of aromatic nitrogens is 3. The van der Waals surface area contributed by atoms with E-state index in [1.807, 2.05) is 10.7 Å². The van der Waals surface area contributed by atoms with Crippen molar-refractivity contribution in [3.05, 3.63) is 56.2 Å². The maximum Gasteiger partial charge on any atom is 0.269 e. The molecule has 0 bridgehead atoms. The van der Waals surface area contributed by atoms with E-state index in [2.05, 4.69) is 34.5 Å². The number of hydrogen-bond donors (Lipinski definition) is 0. The van der Waals surface area contributed by atoms with Crippen LogP contribution in [-0.2, 0) is 0 Å². The highest BCUT2D eigenvalue weighted by molar-refractivity contribution is 8.07. The Kier molecular flexibility index (Phi) is 3.34. The van der Waals surface area contributed by atoms with Crippen molar-refractivity contribution in [2.45, 2.75) is 30.3 Å². The molecule has 118 valence electrons. The Hall–Kier alpha value is -2.00. The molecule has 3 heterocycles. The van der Waals surface area contributed by atoms with Gasteiger partial charge in [0.1, 0.15) is 10.4 Å². The van der Waals surface area contributed by atoms with E-state index in [1.165, 1.54) is 6.07 Å². The quantitative estimate of drug-likeness (QED) is 0.620. The second-order valence-electron chi connectivity index (χ2n) is 5.55. The maximum absolute atomic E-state index is 11.0. The van der Waals surface area contributed by atoms with Gasteiger partial charge < -0.3 is 0 Å². The van der Waals surface area contributed by atoms with E-state index in [9.17, 15) is 10.1 Å². The Bertz CT molecular complexity index is 832. The van der Waals surface area contributed by atoms with Crippen LogP contribution in [0.3, 0.4) is 0 Å². The van der Waals surface area contributed by atoms with Crippen molar-refractivity contribution < 1.29 is 4.92 Å². The van der Waals surface area contributed by atoms with Crippen LogP contribution >= 0.6 is 23.5 Å². The average molecular weight is 347 g/mol. The normalized spacial score (nSPS) is 19.0. The molecular weight excluding hydrogens is 334 g/mol. The minimum Gasteiger partial charge on any atom is -0.258 e. The van der Waals surface area contributed by atoms with Gasteiger partial charge in [0.2, 0.25) is 5.16 Å². The molecule has 2 aliphatic rings. The van der Waals surface area contributed by atoms with Gasteiger partial charge in [-0.1, -0.05) is 37.7 Å². The van der Waals surface area contributed by atoms with Crippen molar-refractivity contribution in [2.75, 3.05) is 5.01 Å². The summed E-state index contributed by atoms with van der Waals surface area (Å²) in [5.74, 6) is 1.14. The van der Waals surface area contributed by atoms with Crippen molar-refractivity contribution in [3.63, 3.8) is 0 Å². The number of nitrogens with zero attached hydrogens (tertiary/aromatic N) is 5. The fraction of sp³-hybridized carbons (Fsp3) is 0.286. The second-order valence-corrected chi connectivity index (χ2v) is 7.49. The zero-order valence-corrected chi connectivity index (χ0v) is 14.0. The Morgan fingerprint density at radius 2 is 2.17 bits per heavy atom. The molecule has 1 aromatic heterocycles. The van der Waals surface area contributed by atoms with Gasteiger partial charge in [0.25, 0.3) is 5.69 Å². The summed E-state index contributed by atoms with van der Waals surface area (Å²) in [6, 6.07) is 6.80. The minimum absolute atomic E-state index is 0.0489. The molecular formula is C14H13N5O2S2. The Labute approximate surface area is 140 Å². The van der Waals surface area contributed by atoms with Gasteiger partial charge in [0.15, 0.2) is 5.82 Å². The van der Waals surface area contributed by atoms with Gasteiger partial charge in [-0.05, 0) is 17.3 Å². The van der Waals surface area contributed by atoms with E-state index in [1.54, 1.807) is 35.7 Å². The third-order valence-corrected chi connectivity index (χ3v) is 5.87. The largest absolute Gasteiger partial charge is 0.269 e. The summed E-state index contributed by atoms with van der Waals surface area (Å²) >= 11 is 3.21. The number of fused-ring (bicyclic) bond motifs is 3. The van der Waals surface area contributed by atoms with Gasteiger partial charge in [-0.3, -0.25) is 15.1 Å². The first-order valence-corrected chi connectivity index (χ1v) is 8.85. The standard InChI is InChI=1S/C14H13N5O2S2/c1-8(2)12-15-16-14-18(12)17-11(23-14)7-22-13(17)9-4-3-5-10(6-9)19(20)21/h3-8,13H,1-2H3. The predicted octanol–water partition coefficient (Wildman–Crippen LogP) is 3.60. The van der Waals surface area contributed by atoms with E-state index in [0.29, 0.717) is 0 Å². The number of nitro groups is 1. The number of hydrogen-bond acceptors (Lipinski definition) is 7. The Morgan fingerprint density at radius 1 is 1.35 bits per heavy atom. The first-order chi connectivity index (χ1) is 11.1. The average Bonchev–Trinajstić information content (AvgIpc) is 3.17. The summed E-state index contributed by atoms with van der Waals surface area (Å²) in [7, 11) is 0. The van der Waals surface area contributed by atoms with Gasteiger partial charge in [-0.15, -0.1) is 10.2 Å². The summed E-state index contributed by atoms with van der Waals surface area (Å²) in [5.41, 5.74) is 1.00. The first kappa shape index (κ1) is 14.6. The van der Waals surface area contributed by atoms with Crippen LogP contribution in [0.25, 0.3) is 0 Å². The van der Waals surface area contributed by atoms with E-state index in [0.717, 1.165) is 21.6 Å². The molecule has 0 saturated heterocycles. The summed E-state index contributed by atoms with van der Waals surface area (Å²) in [6.07, 6.45) is 0. The molecule has 7 nitrogen and oxygen atoms in total. The van der Waals surface area contributed by atoms with Crippen molar-refractivity contribution in [1.29, 1.82) is 0 Å². The lowest BCUT2D eigenvalue weighted by Gasteiger charge is -2.26. The monoisotopic (exact) mass is 347 g/mol. The van der Waals surface area contributed by atoms with Crippen LogP contribution in [-0.4, -0.2) is 19.8 Å². The number of benzene rings is 1. The lowest BCUT2D eigenvalue weighted by molar-refractivity contribution is -0.384. The highest BCUT2D eigenvalue weighted by Crippen LogP contribution is 2.51. The lowest BCUT2D eigenvalue weighted by atomic mass is 10.2. The molecule has 2 aromatic rings. The lowest BCUT2D eigenvalue weighted by Crippen LogP contribution is -2.31. The molecule has 2 aliphatic heterocycles. The van der Waals surface area contributed by atoms with E-state index < -0.39 is 0 Å². The van der Waals surface area contributed by atoms with E-state index in [4.69, 9.17) is 0 Å². The number of thioether (sulfide) groups is 2. The van der Waals surface area contributed by atoms with Gasteiger partial charge >= 0.3 is 0 Å². The van der Waals surface area contributed by atoms with Crippen LogP contribution in [0.5, 0.6) is 0 Å². The molecule has 0 saturated carbocycles. The van der Waals surface area contributed by atoms with Gasteiger partial charge in [0, 0.05) is 23.5 Å². The zero-order chi connectivity index (χ0) is 16.1. The highest BCUT2D eigenvalue weighted by atomic mass is 32.2. The summed E-state index contributed by atoms with van der Waals surface area (Å²) in [5, 5.41) is 25.6. The maximum atomic E-state index is 11.0. The van der Waals surface area contributed by atoms with Crippen molar-refractivity contribution in [3.8, 4) is 0 Å². The SMILES string of the molecule is CC(C)c1nnc2n1N1C(=CSC1c1cccc([N+](=O)[O-])c1)S2. The topological polar surface area (TPSA) is 77.1 Å². The van der Waals surface area contributed by atoms with Gasteiger partial charge in [-0.2, -0.15) is 0 Å². The van der Waals surface area contributed by atoms with Crippen LogP contribution in [0, 0.1) is 10.1 Å². The van der Waals surface area contributed by atoms with Gasteiger partial charge in [0.05, 0.1) is 4.92 Å². The molecule has 0 N–H and O–H groups in total. The second kappa shape index (κ2) is 5.27. The number of nitro benzene ring substituents is 1. The molecule has 1 atom stereocenters. The molecule has 0 fully saturated rings. The van der Waals surface area contributed by atoms with Crippen LogP contribution in [0.2, 0.25) is 0 Å². The predicted molar refractivity (Wildman–Crippen MR) is 89.7 cm³/mol. The van der Waals surface area contributed by atoms with Crippen LogP contribution in [0.1, 0.15) is 36.5 Å². The molecule has 1 aromatic carbocycles. The van der Waals surface area contributed by atoms with Crippen LogP contribution in [0.15, 0.2) is 39.9 Å². The molecule has 4 rings (SSSR count). The van der Waals surface area contributed by atoms with Crippen LogP contribution in [0.4, 0.5) is 5.69 Å². The third-order valence-electron chi connectivity index (χ3n) is 3.68. The summed E-state index contributed by atoms with van der Waals surface area (Å²) < 4.78 is 2.03. The molecule has 0 amide bonds. The first-order valence-electron chi connectivity index (χ1n) is 7.09. The van der Waals surface area contributed by atoms with E-state index >= 15 is 0 Å². The molecule has 0 spiro atoms. The zero-order valence-electron chi connectivity index (χ0n) is 12.4. The van der Waals surface area contributed by atoms with E-state index in [-0.39, 0.29) is 21.9 Å². The molecule has 23 heavy (non-hydrogen) atoms. The molecule has 1 unspecified atom stereocenters. The molecule has 0 radical (unpaired) electrons. The van der Waals surface area contributed by atoms with Crippen molar-refractivity contribution >= 4 is 29.2 Å². The minimum atomic E-state index is -0.361. The Morgan fingerprint density at radius 3 is 2.91 bits per heavy atom. The van der Waals surface area contributed by atoms with Gasteiger partial charge in [-0.25, -0.2) is 4.68 Å². The summed E-state index contributed by atoms with van der Waals surface area (Å²) in [6.45, 7) is 4.16. The summed E-state index contributed by atoms with van der Waals surface area (Å²) in [4.78, 5) is 10.7. The third kappa shape index (κ3) is 2.22. The van der Waals surface area contributed by atoms with Crippen molar-refractivity contribution in [2.24, 2.45) is 0 Å². The number of rotatable bonds is 3. The highest BCUT2D eigenvalue weighted by Gasteiger charge is 2.40. The Balaban J connectivity index is 1.77. The van der Waals surface area contributed by atoms with Crippen molar-refractivity contribution in [1.82, 2.24) is 14.9 Å². The fourth-order valence-corrected chi connectivity index (χ4v) is 4.86.